The summed E-state index contributed by atoms with van der Waals surface area (Å²) >= 11 is 6.21. The van der Waals surface area contributed by atoms with Crippen molar-refractivity contribution in [3.05, 3.63) is 94.0 Å². The average Bonchev–Trinajstić information content (AvgIpc) is 2.78. The molecule has 8 nitrogen and oxygen atoms in total. The van der Waals surface area contributed by atoms with Crippen LogP contribution in [-0.2, 0) is 22.7 Å². The Bertz CT molecular complexity index is 1270. The first-order valence-electron chi connectivity index (χ1n) is 12.2. The molecule has 202 valence electrons. The first kappa shape index (κ1) is 29.1. The lowest BCUT2D eigenvalue weighted by Gasteiger charge is -2.41. The summed E-state index contributed by atoms with van der Waals surface area (Å²) in [5.74, 6) is -0.489. The molecule has 0 spiro atoms. The molecule has 1 unspecified atom stereocenters. The van der Waals surface area contributed by atoms with Gasteiger partial charge in [-0.15, -0.1) is 0 Å². The largest absolute Gasteiger partial charge is 0.465 e. The number of halogens is 1. The van der Waals surface area contributed by atoms with E-state index in [0.29, 0.717) is 23.7 Å². The van der Waals surface area contributed by atoms with E-state index in [1.165, 1.54) is 12.3 Å². The fourth-order valence-electron chi connectivity index (χ4n) is 4.36. The smallest absolute Gasteiger partial charge is 0.420 e. The molecule has 0 saturated carbocycles. The predicted molar refractivity (Wildman–Crippen MR) is 145 cm³/mol. The zero-order valence-electron chi connectivity index (χ0n) is 22.6. The number of carboxylic acid groups (broad SMARTS) is 1. The first-order valence-corrected chi connectivity index (χ1v) is 12.6. The van der Waals surface area contributed by atoms with Gasteiger partial charge in [0.1, 0.15) is 16.6 Å². The summed E-state index contributed by atoms with van der Waals surface area (Å²) < 4.78 is 11.4. The van der Waals surface area contributed by atoms with E-state index in [0.717, 1.165) is 16.7 Å². The maximum Gasteiger partial charge on any atom is 0.420 e. The summed E-state index contributed by atoms with van der Waals surface area (Å²) in [4.78, 5) is 35.1. The van der Waals surface area contributed by atoms with Crippen LogP contribution in [0.3, 0.4) is 0 Å². The van der Waals surface area contributed by atoms with E-state index in [4.69, 9.17) is 21.1 Å². The molecule has 1 heterocycles. The molecule has 0 saturated heterocycles. The van der Waals surface area contributed by atoms with Crippen molar-refractivity contribution < 1.29 is 24.2 Å². The maximum absolute atomic E-state index is 13.1. The van der Waals surface area contributed by atoms with Crippen LogP contribution >= 0.6 is 11.6 Å². The van der Waals surface area contributed by atoms with Crippen molar-refractivity contribution in [1.29, 1.82) is 0 Å². The van der Waals surface area contributed by atoms with Gasteiger partial charge in [-0.25, -0.2) is 24.5 Å². The molecular formula is C29H34ClN3O5. The number of carbonyl (C=O) groups excluding carboxylic acids is 1. The number of nitrogens with zero attached hydrogens (tertiary/aromatic N) is 3. The Kier molecular flexibility index (Phi) is 9.12. The maximum atomic E-state index is 13.1. The van der Waals surface area contributed by atoms with E-state index in [1.807, 2.05) is 55.5 Å². The molecule has 0 aliphatic rings. The van der Waals surface area contributed by atoms with Gasteiger partial charge < -0.3 is 14.6 Å². The molecule has 3 aromatic rings. The molecule has 1 atom stereocenters. The van der Waals surface area contributed by atoms with Crippen molar-refractivity contribution in [2.24, 2.45) is 0 Å². The second-order valence-corrected chi connectivity index (χ2v) is 11.0. The number of imide groups is 1. The van der Waals surface area contributed by atoms with Gasteiger partial charge >= 0.3 is 12.2 Å². The molecule has 1 aromatic heterocycles. The Balaban J connectivity index is 2.05. The lowest BCUT2D eigenvalue weighted by atomic mass is 9.79. The van der Waals surface area contributed by atoms with Crippen LogP contribution in [0.15, 0.2) is 60.8 Å². The Morgan fingerprint density at radius 2 is 1.66 bits per heavy atom. The predicted octanol–water partition coefficient (Wildman–Crippen LogP) is 6.98. The second-order valence-electron chi connectivity index (χ2n) is 10.7. The second kappa shape index (κ2) is 11.9. The number of amides is 2. The molecule has 0 aliphatic heterocycles. The molecule has 0 bridgehead atoms. The number of carbonyl (C=O) groups is 2. The number of aryl methyl sites for hydroxylation is 1. The van der Waals surface area contributed by atoms with Gasteiger partial charge in [-0.1, -0.05) is 65.7 Å². The zero-order valence-corrected chi connectivity index (χ0v) is 23.3. The van der Waals surface area contributed by atoms with Crippen LogP contribution in [0.4, 0.5) is 9.59 Å². The van der Waals surface area contributed by atoms with Crippen LogP contribution in [0.25, 0.3) is 0 Å². The number of rotatable bonds is 8. The van der Waals surface area contributed by atoms with Crippen LogP contribution in [0.2, 0.25) is 5.15 Å². The van der Waals surface area contributed by atoms with Gasteiger partial charge in [-0.3, -0.25) is 0 Å². The van der Waals surface area contributed by atoms with Crippen molar-refractivity contribution in [3.8, 4) is 0 Å². The van der Waals surface area contributed by atoms with E-state index in [2.05, 4.69) is 9.97 Å². The molecule has 1 N–H and O–H groups in total. The van der Waals surface area contributed by atoms with Crippen LogP contribution in [0.5, 0.6) is 0 Å². The Hall–Kier alpha value is -3.49. The Morgan fingerprint density at radius 3 is 2.26 bits per heavy atom. The Morgan fingerprint density at radius 1 is 1.00 bits per heavy atom. The average molecular weight is 540 g/mol. The van der Waals surface area contributed by atoms with Crippen molar-refractivity contribution in [3.63, 3.8) is 0 Å². The van der Waals surface area contributed by atoms with Gasteiger partial charge in [0.05, 0.1) is 24.7 Å². The first-order chi connectivity index (χ1) is 17.8. The van der Waals surface area contributed by atoms with Crippen molar-refractivity contribution in [1.82, 2.24) is 14.9 Å². The molecule has 2 amide bonds. The van der Waals surface area contributed by atoms with E-state index in [-0.39, 0.29) is 11.0 Å². The number of hydrogen-bond donors (Lipinski definition) is 1. The van der Waals surface area contributed by atoms with E-state index >= 15 is 0 Å². The van der Waals surface area contributed by atoms with Gasteiger partial charge in [-0.2, -0.15) is 0 Å². The van der Waals surface area contributed by atoms with Gasteiger partial charge in [0.15, 0.2) is 0 Å². The normalized spacial score (nSPS) is 12.6. The summed E-state index contributed by atoms with van der Waals surface area (Å²) in [6, 6.07) is 17.2. The number of benzene rings is 2. The van der Waals surface area contributed by atoms with Crippen LogP contribution in [-0.4, -0.2) is 43.3 Å². The molecule has 0 radical (unpaired) electrons. The lowest BCUT2D eigenvalue weighted by molar-refractivity contribution is 0.00487. The SMILES string of the molecule is Cc1cc(COCc2ccccc2)cc(C(c2nccc(Cl)n2)C(C)(C)N(C(=O)O)C(=O)OC(C)(C)C)c1. The highest BCUT2D eigenvalue weighted by Gasteiger charge is 2.47. The van der Waals surface area contributed by atoms with Gasteiger partial charge in [0.25, 0.3) is 0 Å². The van der Waals surface area contributed by atoms with Crippen LogP contribution in [0, 0.1) is 6.92 Å². The van der Waals surface area contributed by atoms with E-state index in [9.17, 15) is 14.7 Å². The van der Waals surface area contributed by atoms with Crippen molar-refractivity contribution >= 4 is 23.8 Å². The fourth-order valence-corrected chi connectivity index (χ4v) is 4.51. The quantitative estimate of drug-likeness (QED) is 0.308. The number of hydrogen-bond acceptors (Lipinski definition) is 6. The molecule has 0 aliphatic carbocycles. The highest BCUT2D eigenvalue weighted by Crippen LogP contribution is 2.39. The molecule has 38 heavy (non-hydrogen) atoms. The number of ether oxygens (including phenoxy) is 2. The van der Waals surface area contributed by atoms with Gasteiger partial charge in [0, 0.05) is 6.20 Å². The summed E-state index contributed by atoms with van der Waals surface area (Å²) in [5, 5.41) is 10.3. The summed E-state index contributed by atoms with van der Waals surface area (Å²) in [6.45, 7) is 11.1. The van der Waals surface area contributed by atoms with E-state index in [1.54, 1.807) is 34.6 Å². The van der Waals surface area contributed by atoms with E-state index < -0.39 is 29.2 Å². The minimum atomic E-state index is -1.45. The molecule has 2 aromatic carbocycles. The number of aromatic nitrogens is 2. The Labute approximate surface area is 228 Å². The summed E-state index contributed by atoms with van der Waals surface area (Å²) in [5.41, 5.74) is 1.33. The van der Waals surface area contributed by atoms with Crippen LogP contribution in [0.1, 0.15) is 68.6 Å². The third-order valence-electron chi connectivity index (χ3n) is 5.82. The fraction of sp³-hybridized carbons (Fsp3) is 0.379. The van der Waals surface area contributed by atoms with Crippen molar-refractivity contribution in [2.45, 2.75) is 71.8 Å². The standard InChI is InChI=1S/C29H34ClN3O5/c1-19-14-21(18-37-17-20-10-8-7-9-11-20)16-22(15-19)24(25-31-13-12-23(30)32-25)29(5,6)33(26(34)35)27(36)38-28(2,3)4/h7-16,24H,17-18H2,1-6H3,(H,34,35). The minimum absolute atomic E-state index is 0.203. The highest BCUT2D eigenvalue weighted by molar-refractivity contribution is 6.29. The monoisotopic (exact) mass is 539 g/mol. The highest BCUT2D eigenvalue weighted by atomic mass is 35.5. The van der Waals surface area contributed by atoms with Gasteiger partial charge in [-0.05, 0) is 64.3 Å². The molecular weight excluding hydrogens is 506 g/mol. The third-order valence-corrected chi connectivity index (χ3v) is 6.03. The van der Waals surface area contributed by atoms with Crippen LogP contribution < -0.4 is 0 Å². The lowest BCUT2D eigenvalue weighted by Crippen LogP contribution is -2.55. The van der Waals surface area contributed by atoms with Crippen molar-refractivity contribution in [2.75, 3.05) is 0 Å². The topological polar surface area (TPSA) is 102 Å². The molecule has 3 rings (SSSR count). The third kappa shape index (κ3) is 7.52. The summed E-state index contributed by atoms with van der Waals surface area (Å²) in [6.07, 6.45) is -0.928. The molecule has 0 fully saturated rings. The molecule has 9 heteroatoms. The van der Waals surface area contributed by atoms with Gasteiger partial charge in [0.2, 0.25) is 0 Å². The minimum Gasteiger partial charge on any atom is -0.465 e. The summed E-state index contributed by atoms with van der Waals surface area (Å²) in [7, 11) is 0. The zero-order chi connectivity index (χ0) is 28.1.